The van der Waals surface area contributed by atoms with Crippen LogP contribution in [-0.4, -0.2) is 21.5 Å². The molecule has 0 bridgehead atoms. The van der Waals surface area contributed by atoms with E-state index in [9.17, 15) is 13.2 Å². The second-order valence-corrected chi connectivity index (χ2v) is 6.81. The van der Waals surface area contributed by atoms with E-state index < -0.39 is 16.0 Å². The van der Waals surface area contributed by atoms with E-state index in [1.807, 2.05) is 0 Å². The first-order valence-electron chi connectivity index (χ1n) is 5.34. The fraction of sp³-hybridized carbons (Fsp3) is 0.0833. The average molecular weight is 332 g/mol. The Bertz CT molecular complexity index is 768. The molecule has 106 valence electrons. The highest BCUT2D eigenvalue weighted by Gasteiger charge is 2.25. The third-order valence-electron chi connectivity index (χ3n) is 2.51. The van der Waals surface area contributed by atoms with Crippen molar-refractivity contribution >= 4 is 38.9 Å². The van der Waals surface area contributed by atoms with Crippen LogP contribution in [0.4, 0.5) is 0 Å². The monoisotopic (exact) mass is 331 g/mol. The SMILES string of the molecule is COC(=O)c1sc(-c2ccccc2Cl)cc1S(N)(=O)=O. The number of nitrogens with two attached hydrogens (primary N) is 1. The smallest absolute Gasteiger partial charge is 0.349 e. The Balaban J connectivity index is 2.67. The Kier molecular flexibility index (Phi) is 4.14. The maximum atomic E-state index is 11.6. The van der Waals surface area contributed by atoms with Crippen LogP contribution in [0.3, 0.4) is 0 Å². The molecule has 1 aromatic heterocycles. The molecule has 0 spiro atoms. The van der Waals surface area contributed by atoms with Crippen molar-refractivity contribution in [3.63, 3.8) is 0 Å². The average Bonchev–Trinajstić information content (AvgIpc) is 2.83. The Hall–Kier alpha value is -1.41. The molecule has 0 amide bonds. The van der Waals surface area contributed by atoms with Gasteiger partial charge in [-0.1, -0.05) is 29.8 Å². The summed E-state index contributed by atoms with van der Waals surface area (Å²) in [6.45, 7) is 0. The van der Waals surface area contributed by atoms with E-state index in [1.165, 1.54) is 13.2 Å². The van der Waals surface area contributed by atoms with E-state index in [2.05, 4.69) is 4.74 Å². The van der Waals surface area contributed by atoms with Crippen molar-refractivity contribution in [2.24, 2.45) is 5.14 Å². The number of carbonyl (C=O) groups is 1. The summed E-state index contributed by atoms with van der Waals surface area (Å²) in [5.41, 5.74) is 0.624. The fourth-order valence-electron chi connectivity index (χ4n) is 1.61. The molecule has 0 saturated heterocycles. The first-order valence-corrected chi connectivity index (χ1v) is 8.08. The predicted octanol–water partition coefficient (Wildman–Crippen LogP) is 2.50. The van der Waals surface area contributed by atoms with Crippen LogP contribution in [0.25, 0.3) is 10.4 Å². The number of thiophene rings is 1. The molecule has 5 nitrogen and oxygen atoms in total. The number of hydrogen-bond acceptors (Lipinski definition) is 5. The van der Waals surface area contributed by atoms with Crippen molar-refractivity contribution in [3.8, 4) is 10.4 Å². The lowest BCUT2D eigenvalue weighted by Gasteiger charge is -1.99. The van der Waals surface area contributed by atoms with Crippen molar-refractivity contribution in [2.75, 3.05) is 7.11 Å². The Morgan fingerprint density at radius 1 is 1.35 bits per heavy atom. The molecule has 0 aliphatic carbocycles. The molecule has 2 aromatic rings. The predicted molar refractivity (Wildman–Crippen MR) is 77.5 cm³/mol. The van der Waals surface area contributed by atoms with Gasteiger partial charge in [0.05, 0.1) is 7.11 Å². The lowest BCUT2D eigenvalue weighted by atomic mass is 10.2. The summed E-state index contributed by atoms with van der Waals surface area (Å²) in [7, 11) is -2.85. The van der Waals surface area contributed by atoms with Crippen LogP contribution in [0.2, 0.25) is 5.02 Å². The molecule has 0 aliphatic heterocycles. The molecule has 8 heteroatoms. The van der Waals surface area contributed by atoms with Gasteiger partial charge >= 0.3 is 5.97 Å². The summed E-state index contributed by atoms with van der Waals surface area (Å²) in [5.74, 6) is -0.752. The summed E-state index contributed by atoms with van der Waals surface area (Å²) in [6, 6.07) is 8.23. The maximum absolute atomic E-state index is 11.6. The number of methoxy groups -OCH3 is 1. The number of ether oxygens (including phenoxy) is 1. The second kappa shape index (κ2) is 5.53. The molecule has 1 aromatic carbocycles. The van der Waals surface area contributed by atoms with Crippen LogP contribution in [0.15, 0.2) is 35.2 Å². The molecule has 2 rings (SSSR count). The van der Waals surface area contributed by atoms with E-state index in [0.29, 0.717) is 15.5 Å². The van der Waals surface area contributed by atoms with E-state index in [-0.39, 0.29) is 9.77 Å². The lowest BCUT2D eigenvalue weighted by Crippen LogP contribution is -2.15. The third-order valence-corrected chi connectivity index (χ3v) is 5.06. The van der Waals surface area contributed by atoms with Crippen molar-refractivity contribution in [1.29, 1.82) is 0 Å². The van der Waals surface area contributed by atoms with Crippen molar-refractivity contribution in [3.05, 3.63) is 40.2 Å². The molecular formula is C12H10ClNO4S2. The third kappa shape index (κ3) is 2.85. The quantitative estimate of drug-likeness (QED) is 0.875. The standard InChI is InChI=1S/C12H10ClNO4S2/c1-18-12(15)11-10(20(14,16)17)6-9(19-11)7-4-2-3-5-8(7)13/h2-6H,1H3,(H2,14,16,17). The minimum Gasteiger partial charge on any atom is -0.465 e. The number of sulfonamides is 1. The molecule has 0 radical (unpaired) electrons. The van der Waals surface area contributed by atoms with Gasteiger partial charge < -0.3 is 4.74 Å². The molecule has 0 unspecified atom stereocenters. The summed E-state index contributed by atoms with van der Waals surface area (Å²) >= 11 is 7.03. The molecule has 1 heterocycles. The van der Waals surface area contributed by atoms with Gasteiger partial charge in [-0.15, -0.1) is 11.3 Å². The highest BCUT2D eigenvalue weighted by atomic mass is 35.5. The Labute approximate surface area is 125 Å². The summed E-state index contributed by atoms with van der Waals surface area (Å²) in [4.78, 5) is 11.8. The van der Waals surface area contributed by atoms with Crippen molar-refractivity contribution in [1.82, 2.24) is 0 Å². The number of carbonyl (C=O) groups excluding carboxylic acids is 1. The zero-order valence-corrected chi connectivity index (χ0v) is 12.7. The van der Waals surface area contributed by atoms with Crippen molar-refractivity contribution < 1.29 is 17.9 Å². The summed E-state index contributed by atoms with van der Waals surface area (Å²) < 4.78 is 27.7. The fourth-order valence-corrected chi connectivity index (χ4v) is 4.09. The first-order chi connectivity index (χ1) is 9.34. The van der Waals surface area contributed by atoms with E-state index in [0.717, 1.165) is 11.3 Å². The minimum atomic E-state index is -4.02. The minimum absolute atomic E-state index is 0.0649. The van der Waals surface area contributed by atoms with Gasteiger partial charge in [-0.25, -0.2) is 18.4 Å². The van der Waals surface area contributed by atoms with Crippen LogP contribution in [0.5, 0.6) is 0 Å². The van der Waals surface area contributed by atoms with Crippen LogP contribution in [0, 0.1) is 0 Å². The number of esters is 1. The highest BCUT2D eigenvalue weighted by molar-refractivity contribution is 7.89. The van der Waals surface area contributed by atoms with Crippen LogP contribution >= 0.6 is 22.9 Å². The van der Waals surface area contributed by atoms with Gasteiger partial charge in [0, 0.05) is 15.5 Å². The molecule has 20 heavy (non-hydrogen) atoms. The summed E-state index contributed by atoms with van der Waals surface area (Å²) in [5, 5.41) is 5.57. The van der Waals surface area contributed by atoms with Gasteiger partial charge in [0.2, 0.25) is 10.0 Å². The molecule has 2 N–H and O–H groups in total. The van der Waals surface area contributed by atoms with Gasteiger partial charge in [-0.2, -0.15) is 0 Å². The topological polar surface area (TPSA) is 86.5 Å². The van der Waals surface area contributed by atoms with Crippen LogP contribution in [0.1, 0.15) is 9.67 Å². The normalized spacial score (nSPS) is 11.3. The number of rotatable bonds is 3. The zero-order valence-electron chi connectivity index (χ0n) is 10.3. The Morgan fingerprint density at radius 3 is 2.55 bits per heavy atom. The Morgan fingerprint density at radius 2 is 2.00 bits per heavy atom. The molecule has 0 aliphatic rings. The second-order valence-electron chi connectivity index (χ2n) is 3.82. The van der Waals surface area contributed by atoms with Gasteiger partial charge in [0.15, 0.2) is 0 Å². The highest BCUT2D eigenvalue weighted by Crippen LogP contribution is 2.37. The number of primary sulfonamides is 1. The van der Waals surface area contributed by atoms with Gasteiger partial charge in [-0.3, -0.25) is 0 Å². The largest absolute Gasteiger partial charge is 0.465 e. The first kappa shape index (κ1) is 15.0. The molecule has 0 saturated carbocycles. The number of hydrogen-bond donors (Lipinski definition) is 1. The number of halogens is 1. The van der Waals surface area contributed by atoms with Crippen LogP contribution < -0.4 is 5.14 Å². The van der Waals surface area contributed by atoms with Gasteiger partial charge in [-0.05, 0) is 12.1 Å². The van der Waals surface area contributed by atoms with Gasteiger partial charge in [0.1, 0.15) is 9.77 Å². The van der Waals surface area contributed by atoms with Crippen LogP contribution in [-0.2, 0) is 14.8 Å². The van der Waals surface area contributed by atoms with Gasteiger partial charge in [0.25, 0.3) is 0 Å². The number of benzene rings is 1. The molecule has 0 atom stereocenters. The molecule has 0 fully saturated rings. The zero-order chi connectivity index (χ0) is 14.9. The lowest BCUT2D eigenvalue weighted by molar-refractivity contribution is 0.0602. The van der Waals surface area contributed by atoms with Crippen molar-refractivity contribution in [2.45, 2.75) is 4.90 Å². The van der Waals surface area contributed by atoms with E-state index in [1.54, 1.807) is 24.3 Å². The maximum Gasteiger partial charge on any atom is 0.349 e. The van der Waals surface area contributed by atoms with E-state index in [4.69, 9.17) is 16.7 Å². The van der Waals surface area contributed by atoms with E-state index >= 15 is 0 Å². The summed E-state index contributed by atoms with van der Waals surface area (Å²) in [6.07, 6.45) is 0. The molecular weight excluding hydrogens is 322 g/mol.